The van der Waals surface area contributed by atoms with E-state index in [1.165, 1.54) is 0 Å². The second-order valence-corrected chi connectivity index (χ2v) is 4.85. The second-order valence-electron chi connectivity index (χ2n) is 4.85. The lowest BCUT2D eigenvalue weighted by Gasteiger charge is -2.09. The fraction of sp³-hybridized carbons (Fsp3) is 0.176. The molecular formula is C17H16O4. The number of carbonyl (C=O) groups excluding carboxylic acids is 1. The zero-order chi connectivity index (χ0) is 15.2. The first-order chi connectivity index (χ1) is 10.1. The Morgan fingerprint density at radius 2 is 1.62 bits per heavy atom. The Morgan fingerprint density at radius 1 is 0.952 bits per heavy atom. The average molecular weight is 284 g/mol. The van der Waals surface area contributed by atoms with Gasteiger partial charge in [0.1, 0.15) is 0 Å². The topological polar surface area (TPSA) is 74.6 Å². The Kier molecular flexibility index (Phi) is 4.85. The van der Waals surface area contributed by atoms with Crippen molar-refractivity contribution in [3.8, 4) is 0 Å². The van der Waals surface area contributed by atoms with E-state index >= 15 is 0 Å². The van der Waals surface area contributed by atoms with Gasteiger partial charge in [0.15, 0.2) is 5.78 Å². The first-order valence-corrected chi connectivity index (χ1v) is 6.65. The Morgan fingerprint density at radius 3 is 2.29 bits per heavy atom. The third-order valence-electron chi connectivity index (χ3n) is 3.11. The van der Waals surface area contributed by atoms with Gasteiger partial charge in [0.2, 0.25) is 0 Å². The zero-order valence-corrected chi connectivity index (χ0v) is 11.4. The van der Waals surface area contributed by atoms with E-state index in [-0.39, 0.29) is 18.6 Å². The van der Waals surface area contributed by atoms with Crippen LogP contribution < -0.4 is 0 Å². The Balaban J connectivity index is 2.14. The molecule has 0 spiro atoms. The Labute approximate surface area is 122 Å². The number of aliphatic hydroxyl groups excluding tert-OH is 1. The molecule has 2 aromatic carbocycles. The Hall–Kier alpha value is -2.46. The lowest BCUT2D eigenvalue weighted by Crippen LogP contribution is -2.16. The van der Waals surface area contributed by atoms with Gasteiger partial charge in [-0.05, 0) is 18.1 Å². The molecule has 1 unspecified atom stereocenters. The van der Waals surface area contributed by atoms with Gasteiger partial charge in [-0.15, -0.1) is 0 Å². The van der Waals surface area contributed by atoms with E-state index in [4.69, 9.17) is 5.11 Å². The monoisotopic (exact) mass is 284 g/mol. The minimum atomic E-state index is -1.04. The number of hydrogen-bond acceptors (Lipinski definition) is 3. The summed E-state index contributed by atoms with van der Waals surface area (Å²) >= 11 is 0. The van der Waals surface area contributed by atoms with Crippen molar-refractivity contribution in [1.82, 2.24) is 0 Å². The minimum absolute atomic E-state index is 0.0924. The number of carboxylic acids is 1. The van der Waals surface area contributed by atoms with Crippen LogP contribution in [0.4, 0.5) is 0 Å². The molecule has 0 amide bonds. The third kappa shape index (κ3) is 4.26. The summed E-state index contributed by atoms with van der Waals surface area (Å²) in [6.45, 7) is 0. The molecule has 2 rings (SSSR count). The summed E-state index contributed by atoms with van der Waals surface area (Å²) in [5, 5.41) is 18.3. The summed E-state index contributed by atoms with van der Waals surface area (Å²) in [6, 6.07) is 15.8. The van der Waals surface area contributed by atoms with E-state index in [1.807, 2.05) is 6.07 Å². The van der Waals surface area contributed by atoms with Crippen LogP contribution in [0.3, 0.4) is 0 Å². The summed E-state index contributed by atoms with van der Waals surface area (Å²) in [6.07, 6.45) is -1.05. The van der Waals surface area contributed by atoms with E-state index in [0.717, 1.165) is 5.56 Å². The summed E-state index contributed by atoms with van der Waals surface area (Å²) in [7, 11) is 0. The van der Waals surface area contributed by atoms with Crippen molar-refractivity contribution in [2.24, 2.45) is 0 Å². The molecule has 0 saturated carbocycles. The third-order valence-corrected chi connectivity index (χ3v) is 3.11. The highest BCUT2D eigenvalue weighted by Gasteiger charge is 2.13. The number of carboxylic acid groups (broad SMARTS) is 1. The normalized spacial score (nSPS) is 11.9. The predicted octanol–water partition coefficient (Wildman–Crippen LogP) is 2.30. The van der Waals surface area contributed by atoms with Crippen molar-refractivity contribution in [3.05, 3.63) is 71.3 Å². The lowest BCUT2D eigenvalue weighted by molar-refractivity contribution is -0.139. The zero-order valence-electron chi connectivity index (χ0n) is 11.4. The van der Waals surface area contributed by atoms with E-state index in [1.54, 1.807) is 48.5 Å². The quantitative estimate of drug-likeness (QED) is 0.798. The lowest BCUT2D eigenvalue weighted by atomic mass is 9.98. The first kappa shape index (κ1) is 14.9. The summed E-state index contributed by atoms with van der Waals surface area (Å²) in [4.78, 5) is 22.9. The van der Waals surface area contributed by atoms with Crippen LogP contribution in [-0.4, -0.2) is 28.1 Å². The maximum Gasteiger partial charge on any atom is 0.305 e. The van der Waals surface area contributed by atoms with Gasteiger partial charge in [-0.25, -0.2) is 0 Å². The summed E-state index contributed by atoms with van der Waals surface area (Å²) < 4.78 is 0. The molecule has 0 aliphatic rings. The maximum atomic E-state index is 12.3. The number of rotatable bonds is 6. The van der Waals surface area contributed by atoms with Gasteiger partial charge in [-0.3, -0.25) is 9.59 Å². The number of aliphatic hydroxyl groups is 1. The standard InChI is InChI=1S/C17H16O4/c18-15(11-16(19)20)10-12-5-4-8-14(9-12)17(21)13-6-2-1-3-7-13/h1-9,15,18H,10-11H2,(H,19,20). The number of carbonyl (C=O) groups is 2. The van der Waals surface area contributed by atoms with Crippen LogP contribution in [0.25, 0.3) is 0 Å². The van der Waals surface area contributed by atoms with Crippen molar-refractivity contribution >= 4 is 11.8 Å². The van der Waals surface area contributed by atoms with Crippen LogP contribution in [0.5, 0.6) is 0 Å². The van der Waals surface area contributed by atoms with Crippen molar-refractivity contribution in [2.45, 2.75) is 18.9 Å². The van der Waals surface area contributed by atoms with Gasteiger partial charge in [0.05, 0.1) is 12.5 Å². The molecule has 2 aromatic rings. The average Bonchev–Trinajstić information content (AvgIpc) is 2.46. The number of ketones is 1. The van der Waals surface area contributed by atoms with Crippen molar-refractivity contribution in [1.29, 1.82) is 0 Å². The summed E-state index contributed by atoms with van der Waals surface area (Å²) in [5.41, 5.74) is 1.87. The molecule has 2 N–H and O–H groups in total. The number of benzene rings is 2. The van der Waals surface area contributed by atoms with Crippen LogP contribution in [0.15, 0.2) is 54.6 Å². The molecular weight excluding hydrogens is 268 g/mol. The highest BCUT2D eigenvalue weighted by atomic mass is 16.4. The Bertz CT molecular complexity index is 634. The van der Waals surface area contributed by atoms with E-state index in [2.05, 4.69) is 0 Å². The molecule has 0 aromatic heterocycles. The van der Waals surface area contributed by atoms with Gasteiger partial charge in [0.25, 0.3) is 0 Å². The molecule has 108 valence electrons. The fourth-order valence-corrected chi connectivity index (χ4v) is 2.14. The van der Waals surface area contributed by atoms with Crippen molar-refractivity contribution in [2.75, 3.05) is 0 Å². The molecule has 0 aliphatic heterocycles. The van der Waals surface area contributed by atoms with E-state index in [0.29, 0.717) is 11.1 Å². The molecule has 1 atom stereocenters. The SMILES string of the molecule is O=C(O)CC(O)Cc1cccc(C(=O)c2ccccc2)c1. The van der Waals surface area contributed by atoms with Crippen molar-refractivity contribution < 1.29 is 19.8 Å². The van der Waals surface area contributed by atoms with E-state index in [9.17, 15) is 14.7 Å². The molecule has 0 radical (unpaired) electrons. The second kappa shape index (κ2) is 6.81. The van der Waals surface area contributed by atoms with Crippen LogP contribution in [0, 0.1) is 0 Å². The summed E-state index contributed by atoms with van der Waals surface area (Å²) in [5.74, 6) is -1.14. The van der Waals surface area contributed by atoms with Gasteiger partial charge < -0.3 is 10.2 Å². The molecule has 0 fully saturated rings. The number of aliphatic carboxylic acids is 1. The molecule has 4 nitrogen and oxygen atoms in total. The van der Waals surface area contributed by atoms with Gasteiger partial charge >= 0.3 is 5.97 Å². The molecule has 4 heteroatoms. The number of hydrogen-bond donors (Lipinski definition) is 2. The molecule has 0 saturated heterocycles. The van der Waals surface area contributed by atoms with E-state index < -0.39 is 12.1 Å². The minimum Gasteiger partial charge on any atom is -0.481 e. The highest BCUT2D eigenvalue weighted by molar-refractivity contribution is 6.09. The van der Waals surface area contributed by atoms with Crippen LogP contribution >= 0.6 is 0 Å². The largest absolute Gasteiger partial charge is 0.481 e. The molecule has 0 bridgehead atoms. The maximum absolute atomic E-state index is 12.3. The predicted molar refractivity (Wildman–Crippen MR) is 78.3 cm³/mol. The van der Waals surface area contributed by atoms with Crippen molar-refractivity contribution in [3.63, 3.8) is 0 Å². The molecule has 21 heavy (non-hydrogen) atoms. The van der Waals surface area contributed by atoms with Crippen LogP contribution in [0.2, 0.25) is 0 Å². The molecule has 0 heterocycles. The van der Waals surface area contributed by atoms with Gasteiger partial charge in [-0.1, -0.05) is 48.5 Å². The van der Waals surface area contributed by atoms with Crippen LogP contribution in [-0.2, 0) is 11.2 Å². The first-order valence-electron chi connectivity index (χ1n) is 6.65. The van der Waals surface area contributed by atoms with Crippen LogP contribution in [0.1, 0.15) is 27.9 Å². The fourth-order valence-electron chi connectivity index (χ4n) is 2.14. The molecule has 0 aliphatic carbocycles. The highest BCUT2D eigenvalue weighted by Crippen LogP contribution is 2.13. The van der Waals surface area contributed by atoms with Gasteiger partial charge in [-0.2, -0.15) is 0 Å². The van der Waals surface area contributed by atoms with Gasteiger partial charge in [0, 0.05) is 11.1 Å². The smallest absolute Gasteiger partial charge is 0.305 e.